The number of carbonyl (C=O) groups is 2. The van der Waals surface area contributed by atoms with Crippen LogP contribution >= 0.6 is 0 Å². The molecular weight excluding hydrogens is 180 g/mol. The molecule has 0 saturated heterocycles. The van der Waals surface area contributed by atoms with Crippen molar-refractivity contribution in [2.75, 3.05) is 11.1 Å². The van der Waals surface area contributed by atoms with Gasteiger partial charge in [-0.25, -0.2) is 0 Å². The summed E-state index contributed by atoms with van der Waals surface area (Å²) in [6, 6.07) is 6.91. The number of hydrogen-bond donors (Lipinski definition) is 2. The van der Waals surface area contributed by atoms with Crippen molar-refractivity contribution in [2.24, 2.45) is 0 Å². The first-order valence-corrected chi connectivity index (χ1v) is 4.23. The van der Waals surface area contributed by atoms with Gasteiger partial charge in [-0.1, -0.05) is 12.1 Å². The molecule has 0 aromatic heterocycles. The largest absolute Gasteiger partial charge is 0.397 e. The first-order chi connectivity index (χ1) is 6.59. The third-order valence-electron chi connectivity index (χ3n) is 1.64. The van der Waals surface area contributed by atoms with E-state index in [9.17, 15) is 9.59 Å². The molecule has 0 aliphatic carbocycles. The minimum absolute atomic E-state index is 0.117. The van der Waals surface area contributed by atoms with Crippen LogP contribution in [0.4, 0.5) is 11.4 Å². The highest BCUT2D eigenvalue weighted by molar-refractivity contribution is 6.04. The molecule has 0 aliphatic rings. The van der Waals surface area contributed by atoms with E-state index in [1.165, 1.54) is 6.92 Å². The summed E-state index contributed by atoms with van der Waals surface area (Å²) in [6.45, 7) is 1.37. The van der Waals surface area contributed by atoms with Gasteiger partial charge in [0.15, 0.2) is 0 Å². The summed E-state index contributed by atoms with van der Waals surface area (Å²) in [5, 5.41) is 2.56. The normalized spacial score (nSPS) is 9.50. The standard InChI is InChI=1S/C10H12N2O2/c1-7(13)6-10(14)12-9-5-3-2-4-8(9)11/h2-5H,6,11H2,1H3,(H,12,14). The average molecular weight is 192 g/mol. The number of nitrogens with two attached hydrogens (primary N) is 1. The van der Waals surface area contributed by atoms with Crippen LogP contribution in [-0.4, -0.2) is 11.7 Å². The second-order valence-electron chi connectivity index (χ2n) is 3.01. The molecule has 0 saturated carbocycles. The molecule has 1 aromatic rings. The maximum atomic E-state index is 11.2. The van der Waals surface area contributed by atoms with Gasteiger partial charge in [-0.15, -0.1) is 0 Å². The Morgan fingerprint density at radius 3 is 2.57 bits per heavy atom. The summed E-state index contributed by atoms with van der Waals surface area (Å²) < 4.78 is 0. The van der Waals surface area contributed by atoms with E-state index in [1.54, 1.807) is 24.3 Å². The zero-order valence-corrected chi connectivity index (χ0v) is 7.91. The van der Waals surface area contributed by atoms with Gasteiger partial charge in [0.1, 0.15) is 5.78 Å². The summed E-state index contributed by atoms with van der Waals surface area (Å²) in [4.78, 5) is 21.8. The fourth-order valence-electron chi connectivity index (χ4n) is 1.03. The van der Waals surface area contributed by atoms with Crippen molar-refractivity contribution in [2.45, 2.75) is 13.3 Å². The summed E-state index contributed by atoms with van der Waals surface area (Å²) in [5.41, 5.74) is 6.63. The smallest absolute Gasteiger partial charge is 0.231 e. The van der Waals surface area contributed by atoms with Crippen molar-refractivity contribution in [1.29, 1.82) is 0 Å². The van der Waals surface area contributed by atoms with Crippen LogP contribution in [0.3, 0.4) is 0 Å². The maximum absolute atomic E-state index is 11.2. The van der Waals surface area contributed by atoms with Crippen LogP contribution in [0.2, 0.25) is 0 Å². The lowest BCUT2D eigenvalue weighted by Gasteiger charge is -2.06. The van der Waals surface area contributed by atoms with Crippen LogP contribution < -0.4 is 11.1 Å². The predicted octanol–water partition coefficient (Wildman–Crippen LogP) is 1.19. The van der Waals surface area contributed by atoms with Gasteiger partial charge in [0.2, 0.25) is 5.91 Å². The minimum Gasteiger partial charge on any atom is -0.397 e. The monoisotopic (exact) mass is 192 g/mol. The highest BCUT2D eigenvalue weighted by Gasteiger charge is 2.06. The number of hydrogen-bond acceptors (Lipinski definition) is 3. The van der Waals surface area contributed by atoms with E-state index in [0.717, 1.165) is 0 Å². The molecule has 0 bridgehead atoms. The van der Waals surface area contributed by atoms with Gasteiger partial charge >= 0.3 is 0 Å². The first kappa shape index (κ1) is 10.2. The third kappa shape index (κ3) is 2.90. The van der Waals surface area contributed by atoms with E-state index >= 15 is 0 Å². The fraction of sp³-hybridized carbons (Fsp3) is 0.200. The molecule has 0 spiro atoms. The summed E-state index contributed by atoms with van der Waals surface area (Å²) in [7, 11) is 0. The van der Waals surface area contributed by atoms with Gasteiger partial charge in [0.05, 0.1) is 17.8 Å². The van der Waals surface area contributed by atoms with Crippen LogP contribution in [0, 0.1) is 0 Å². The Kier molecular flexibility index (Phi) is 3.23. The van der Waals surface area contributed by atoms with E-state index in [1.807, 2.05) is 0 Å². The Morgan fingerprint density at radius 1 is 1.36 bits per heavy atom. The molecule has 0 aliphatic heterocycles. The van der Waals surface area contributed by atoms with Crippen molar-refractivity contribution >= 4 is 23.1 Å². The molecule has 4 heteroatoms. The van der Waals surface area contributed by atoms with Crippen LogP contribution in [0.15, 0.2) is 24.3 Å². The lowest BCUT2D eigenvalue weighted by Crippen LogP contribution is -2.15. The number of carbonyl (C=O) groups excluding carboxylic acids is 2. The molecule has 0 fully saturated rings. The second-order valence-corrected chi connectivity index (χ2v) is 3.01. The molecule has 1 rings (SSSR count). The quantitative estimate of drug-likeness (QED) is 0.558. The number of ketones is 1. The lowest BCUT2D eigenvalue weighted by molar-refractivity contribution is -0.124. The van der Waals surface area contributed by atoms with Crippen molar-refractivity contribution in [1.82, 2.24) is 0 Å². The van der Waals surface area contributed by atoms with Crippen molar-refractivity contribution < 1.29 is 9.59 Å². The first-order valence-electron chi connectivity index (χ1n) is 4.23. The van der Waals surface area contributed by atoms with Gasteiger partial charge in [-0.2, -0.15) is 0 Å². The van der Waals surface area contributed by atoms with E-state index in [0.29, 0.717) is 11.4 Å². The number of para-hydroxylation sites is 2. The summed E-state index contributed by atoms with van der Waals surface area (Å²) >= 11 is 0. The molecule has 0 unspecified atom stereocenters. The Hall–Kier alpha value is -1.84. The molecule has 74 valence electrons. The van der Waals surface area contributed by atoms with Crippen LogP contribution in [0.1, 0.15) is 13.3 Å². The molecule has 0 heterocycles. The molecule has 0 radical (unpaired) electrons. The molecular formula is C10H12N2O2. The third-order valence-corrected chi connectivity index (χ3v) is 1.64. The molecule has 4 nitrogen and oxygen atoms in total. The average Bonchev–Trinajstić information content (AvgIpc) is 2.07. The number of benzene rings is 1. The van der Waals surface area contributed by atoms with Crippen molar-refractivity contribution in [3.63, 3.8) is 0 Å². The second kappa shape index (κ2) is 4.41. The van der Waals surface area contributed by atoms with Gasteiger partial charge in [0.25, 0.3) is 0 Å². The highest BCUT2D eigenvalue weighted by atomic mass is 16.2. The van der Waals surface area contributed by atoms with E-state index in [-0.39, 0.29) is 18.1 Å². The van der Waals surface area contributed by atoms with Crippen LogP contribution in [0.5, 0.6) is 0 Å². The van der Waals surface area contributed by atoms with E-state index in [4.69, 9.17) is 5.73 Å². The number of nitrogens with one attached hydrogen (secondary N) is 1. The zero-order valence-electron chi connectivity index (χ0n) is 7.91. The molecule has 3 N–H and O–H groups in total. The summed E-state index contributed by atoms with van der Waals surface area (Å²) in [6.07, 6.45) is -0.117. The number of amides is 1. The lowest BCUT2D eigenvalue weighted by atomic mass is 10.2. The Labute approximate surface area is 82.1 Å². The van der Waals surface area contributed by atoms with E-state index < -0.39 is 0 Å². The molecule has 14 heavy (non-hydrogen) atoms. The van der Waals surface area contributed by atoms with Crippen molar-refractivity contribution in [3.8, 4) is 0 Å². The van der Waals surface area contributed by atoms with Crippen molar-refractivity contribution in [3.05, 3.63) is 24.3 Å². The topological polar surface area (TPSA) is 72.2 Å². The number of rotatable bonds is 3. The van der Waals surface area contributed by atoms with E-state index in [2.05, 4.69) is 5.32 Å². The van der Waals surface area contributed by atoms with Gasteiger partial charge in [0, 0.05) is 0 Å². The Balaban J connectivity index is 2.65. The van der Waals surface area contributed by atoms with Gasteiger partial charge in [-0.3, -0.25) is 9.59 Å². The van der Waals surface area contributed by atoms with Crippen LogP contribution in [0.25, 0.3) is 0 Å². The van der Waals surface area contributed by atoms with Gasteiger partial charge < -0.3 is 11.1 Å². The highest BCUT2D eigenvalue weighted by Crippen LogP contribution is 2.16. The molecule has 1 aromatic carbocycles. The number of Topliss-reactive ketones (excluding diaryl/α,β-unsaturated/α-hetero) is 1. The van der Waals surface area contributed by atoms with Crippen LogP contribution in [-0.2, 0) is 9.59 Å². The number of nitrogen functional groups attached to an aromatic ring is 1. The Morgan fingerprint density at radius 2 is 2.00 bits per heavy atom. The molecule has 1 amide bonds. The SMILES string of the molecule is CC(=O)CC(=O)Nc1ccccc1N. The number of anilines is 2. The maximum Gasteiger partial charge on any atom is 0.231 e. The summed E-state index contributed by atoms with van der Waals surface area (Å²) in [5.74, 6) is -0.507. The zero-order chi connectivity index (χ0) is 10.6. The molecule has 0 atom stereocenters. The Bertz CT molecular complexity index is 361. The van der Waals surface area contributed by atoms with Gasteiger partial charge in [-0.05, 0) is 19.1 Å². The predicted molar refractivity (Wildman–Crippen MR) is 54.8 cm³/mol. The minimum atomic E-state index is -0.338. The fourth-order valence-corrected chi connectivity index (χ4v) is 1.03.